The molecule has 0 saturated heterocycles. The molecule has 164 valence electrons. The lowest BCUT2D eigenvalue weighted by molar-refractivity contribution is 0.0244. The van der Waals surface area contributed by atoms with E-state index in [1.165, 1.54) is 5.56 Å². The van der Waals surface area contributed by atoms with E-state index in [4.69, 9.17) is 20.9 Å². The van der Waals surface area contributed by atoms with Crippen molar-refractivity contribution in [3.8, 4) is 11.4 Å². The normalized spacial score (nSPS) is 12.3. The first-order valence-corrected chi connectivity index (χ1v) is 10.6. The van der Waals surface area contributed by atoms with Crippen LogP contribution in [0, 0.1) is 6.92 Å². The van der Waals surface area contributed by atoms with Gasteiger partial charge in [-0.05, 0) is 24.1 Å². The van der Waals surface area contributed by atoms with Crippen LogP contribution < -0.4 is 0 Å². The van der Waals surface area contributed by atoms with Crippen LogP contribution in [0.5, 0.6) is 0 Å². The molecule has 0 radical (unpaired) electrons. The van der Waals surface area contributed by atoms with Crippen molar-refractivity contribution in [1.82, 2.24) is 15.0 Å². The highest BCUT2D eigenvalue weighted by atomic mass is 35.5. The predicted molar refractivity (Wildman–Crippen MR) is 122 cm³/mol. The number of rotatable bonds is 12. The monoisotopic (exact) mass is 441 g/mol. The van der Waals surface area contributed by atoms with Gasteiger partial charge >= 0.3 is 0 Å². The lowest BCUT2D eigenvalue weighted by Crippen LogP contribution is -2.36. The third-order valence-corrected chi connectivity index (χ3v) is 5.21. The second-order valence-corrected chi connectivity index (χ2v) is 7.83. The topological polar surface area (TPSA) is 71.6 Å². The van der Waals surface area contributed by atoms with Crippen LogP contribution >= 0.6 is 11.6 Å². The van der Waals surface area contributed by atoms with Crippen LogP contribution in [0.4, 0.5) is 0 Å². The van der Waals surface area contributed by atoms with Crippen LogP contribution in [0.2, 0.25) is 5.02 Å². The molecule has 31 heavy (non-hydrogen) atoms. The van der Waals surface area contributed by atoms with Crippen molar-refractivity contribution in [3.63, 3.8) is 0 Å². The Morgan fingerprint density at radius 3 is 2.81 bits per heavy atom. The summed E-state index contributed by atoms with van der Waals surface area (Å²) < 4.78 is 10.8. The van der Waals surface area contributed by atoms with Gasteiger partial charge in [0.1, 0.15) is 0 Å². The number of benzene rings is 2. The molecule has 1 unspecified atom stereocenters. The number of aryl methyl sites for hydroxylation is 1. The Morgan fingerprint density at radius 2 is 2.06 bits per heavy atom. The Kier molecular flexibility index (Phi) is 8.79. The molecule has 0 amide bonds. The zero-order valence-electron chi connectivity index (χ0n) is 17.7. The first kappa shape index (κ1) is 23.2. The highest BCUT2D eigenvalue weighted by Gasteiger charge is 2.15. The molecule has 0 fully saturated rings. The Hall–Kier alpha value is -2.51. The van der Waals surface area contributed by atoms with Crippen molar-refractivity contribution in [3.05, 3.63) is 83.2 Å². The summed E-state index contributed by atoms with van der Waals surface area (Å²) in [4.78, 5) is 6.67. The number of nitrogens with zero attached hydrogens (tertiary/aromatic N) is 3. The van der Waals surface area contributed by atoms with Crippen LogP contribution in [0.1, 0.15) is 17.0 Å². The molecule has 6 nitrogen and oxygen atoms in total. The minimum atomic E-state index is -0.600. The van der Waals surface area contributed by atoms with Crippen molar-refractivity contribution < 1.29 is 14.4 Å². The van der Waals surface area contributed by atoms with Gasteiger partial charge in [-0.3, -0.25) is 4.90 Å². The molecule has 1 heterocycles. The summed E-state index contributed by atoms with van der Waals surface area (Å²) >= 11 is 6.21. The zero-order chi connectivity index (χ0) is 22.1. The summed E-state index contributed by atoms with van der Waals surface area (Å²) in [6.45, 7) is 8.08. The van der Waals surface area contributed by atoms with E-state index in [9.17, 15) is 5.11 Å². The smallest absolute Gasteiger partial charge is 0.228 e. The van der Waals surface area contributed by atoms with Crippen molar-refractivity contribution in [2.75, 3.05) is 26.3 Å². The Bertz CT molecular complexity index is 962. The van der Waals surface area contributed by atoms with Gasteiger partial charge in [-0.1, -0.05) is 65.3 Å². The third-order valence-electron chi connectivity index (χ3n) is 4.80. The summed E-state index contributed by atoms with van der Waals surface area (Å²) in [6.07, 6.45) is 1.64. The number of hydrogen-bond acceptors (Lipinski definition) is 6. The summed E-state index contributed by atoms with van der Waals surface area (Å²) in [5.41, 5.74) is 2.99. The van der Waals surface area contributed by atoms with E-state index < -0.39 is 6.10 Å². The average molecular weight is 442 g/mol. The van der Waals surface area contributed by atoms with Gasteiger partial charge in [0.25, 0.3) is 0 Å². The lowest BCUT2D eigenvalue weighted by atomic mass is 10.1. The molecule has 3 aromatic rings. The summed E-state index contributed by atoms with van der Waals surface area (Å²) in [6, 6.07) is 15.8. The number of halogens is 1. The summed E-state index contributed by atoms with van der Waals surface area (Å²) in [5, 5.41) is 15.1. The predicted octanol–water partition coefficient (Wildman–Crippen LogP) is 4.31. The molecule has 3 rings (SSSR count). The van der Waals surface area contributed by atoms with Crippen LogP contribution in [0.25, 0.3) is 11.4 Å². The molecule has 0 aliphatic rings. The fourth-order valence-electron chi connectivity index (χ4n) is 3.17. The molecule has 0 aliphatic carbocycles. The van der Waals surface area contributed by atoms with E-state index >= 15 is 0 Å². The van der Waals surface area contributed by atoms with Gasteiger partial charge in [0.2, 0.25) is 11.7 Å². The minimum absolute atomic E-state index is 0.260. The Morgan fingerprint density at radius 1 is 1.26 bits per heavy atom. The molecule has 0 aliphatic heterocycles. The van der Waals surface area contributed by atoms with Gasteiger partial charge in [-0.2, -0.15) is 4.98 Å². The molecule has 7 heteroatoms. The molecule has 1 N–H and O–H groups in total. The second kappa shape index (κ2) is 11.8. The highest BCUT2D eigenvalue weighted by Crippen LogP contribution is 2.23. The molecule has 0 saturated carbocycles. The largest absolute Gasteiger partial charge is 0.389 e. The molecule has 0 bridgehead atoms. The zero-order valence-corrected chi connectivity index (χ0v) is 18.5. The average Bonchev–Trinajstić information content (AvgIpc) is 3.24. The van der Waals surface area contributed by atoms with E-state index in [0.29, 0.717) is 49.4 Å². The second-order valence-electron chi connectivity index (χ2n) is 7.43. The Labute approximate surface area is 188 Å². The van der Waals surface area contributed by atoms with Gasteiger partial charge < -0.3 is 14.4 Å². The van der Waals surface area contributed by atoms with Gasteiger partial charge in [-0.15, -0.1) is 6.58 Å². The van der Waals surface area contributed by atoms with Crippen LogP contribution in [0.3, 0.4) is 0 Å². The van der Waals surface area contributed by atoms with Crippen molar-refractivity contribution in [2.24, 2.45) is 0 Å². The number of hydrogen-bond donors (Lipinski definition) is 1. The number of aliphatic hydroxyl groups excluding tert-OH is 1. The van der Waals surface area contributed by atoms with E-state index in [1.54, 1.807) is 6.08 Å². The lowest BCUT2D eigenvalue weighted by Gasteiger charge is -2.24. The van der Waals surface area contributed by atoms with Crippen molar-refractivity contribution >= 4 is 11.6 Å². The minimum Gasteiger partial charge on any atom is -0.389 e. The third kappa shape index (κ3) is 7.29. The number of aromatic nitrogens is 2. The van der Waals surface area contributed by atoms with Crippen LogP contribution in [0.15, 0.2) is 65.7 Å². The highest BCUT2D eigenvalue weighted by molar-refractivity contribution is 6.31. The van der Waals surface area contributed by atoms with Crippen LogP contribution in [-0.4, -0.2) is 52.6 Å². The number of ether oxygens (including phenoxy) is 1. The maximum absolute atomic E-state index is 10.4. The standard InChI is InChI=1S/C24H28ClN3O3/c1-3-13-30-17-21(29)16-28(15-19-7-5-4-6-8-19)12-11-23-26-24(27-31-23)20-10-9-18(2)22(25)14-20/h3-10,14,21,29H,1,11-13,15-17H2,2H3. The number of aliphatic hydroxyl groups is 1. The molecular weight excluding hydrogens is 414 g/mol. The molecule has 2 aromatic carbocycles. The first-order chi connectivity index (χ1) is 15.0. The molecule has 0 spiro atoms. The van der Waals surface area contributed by atoms with Gasteiger partial charge in [0.05, 0.1) is 19.3 Å². The van der Waals surface area contributed by atoms with Crippen molar-refractivity contribution in [2.45, 2.75) is 26.0 Å². The van der Waals surface area contributed by atoms with Crippen LogP contribution in [-0.2, 0) is 17.7 Å². The van der Waals surface area contributed by atoms with Crippen molar-refractivity contribution in [1.29, 1.82) is 0 Å². The first-order valence-electron chi connectivity index (χ1n) is 10.3. The maximum atomic E-state index is 10.4. The molecular formula is C24H28ClN3O3. The summed E-state index contributed by atoms with van der Waals surface area (Å²) in [7, 11) is 0. The summed E-state index contributed by atoms with van der Waals surface area (Å²) in [5.74, 6) is 1.06. The van der Waals surface area contributed by atoms with E-state index in [-0.39, 0.29) is 6.61 Å². The van der Waals surface area contributed by atoms with E-state index in [0.717, 1.165) is 11.1 Å². The Balaban J connectivity index is 1.62. The SMILES string of the molecule is C=CCOCC(O)CN(CCc1nc(-c2ccc(C)c(Cl)c2)no1)Cc1ccccc1. The maximum Gasteiger partial charge on any atom is 0.228 e. The van der Waals surface area contributed by atoms with E-state index in [2.05, 4.69) is 33.8 Å². The molecule has 1 atom stereocenters. The van der Waals surface area contributed by atoms with E-state index in [1.807, 2.05) is 43.3 Å². The van der Waals surface area contributed by atoms with Gasteiger partial charge in [0, 0.05) is 36.6 Å². The fraction of sp³-hybridized carbons (Fsp3) is 0.333. The molecule has 1 aromatic heterocycles. The van der Waals surface area contributed by atoms with Gasteiger partial charge in [-0.25, -0.2) is 0 Å². The quantitative estimate of drug-likeness (QED) is 0.333. The fourth-order valence-corrected chi connectivity index (χ4v) is 3.35. The van der Waals surface area contributed by atoms with Gasteiger partial charge in [0.15, 0.2) is 0 Å².